The fraction of sp³-hybridized carbons (Fsp3) is 0.143. The van der Waals surface area contributed by atoms with Crippen LogP contribution in [0.15, 0.2) is 60.5 Å². The van der Waals surface area contributed by atoms with E-state index >= 15 is 0 Å². The summed E-state index contributed by atoms with van der Waals surface area (Å²) < 4.78 is 38.3. The first-order valence-electron chi connectivity index (χ1n) is 7.32. The van der Waals surface area contributed by atoms with Crippen LogP contribution in [0.1, 0.15) is 18.0 Å². The molecule has 0 aliphatic carbocycles. The Hall–Kier alpha value is -1.60. The fourth-order valence-corrected chi connectivity index (χ4v) is 1.29. The Balaban J connectivity index is 2.14. The lowest BCUT2D eigenvalue weighted by Gasteiger charge is -2.04. The van der Waals surface area contributed by atoms with Gasteiger partial charge in [0.2, 0.25) is 0 Å². The van der Waals surface area contributed by atoms with Crippen LogP contribution in [-0.4, -0.2) is 0 Å². The van der Waals surface area contributed by atoms with Crippen molar-refractivity contribution in [2.45, 2.75) is 13.1 Å². The fourth-order valence-electron chi connectivity index (χ4n) is 1.29. The van der Waals surface area contributed by atoms with Crippen molar-refractivity contribution in [3.63, 3.8) is 0 Å². The van der Waals surface area contributed by atoms with Crippen molar-refractivity contribution in [3.8, 4) is 0 Å². The summed E-state index contributed by atoms with van der Waals surface area (Å²) in [7, 11) is 0. The van der Waals surface area contributed by atoms with E-state index in [1.165, 1.54) is 0 Å². The summed E-state index contributed by atoms with van der Waals surface area (Å²) in [4.78, 5) is 0. The van der Waals surface area contributed by atoms with Crippen molar-refractivity contribution < 1.29 is 6.85 Å². The van der Waals surface area contributed by atoms with Crippen LogP contribution in [-0.2, 0) is 13.1 Å². The average molecular weight is 202 g/mol. The molecule has 0 radical (unpaired) electrons. The van der Waals surface area contributed by atoms with Crippen LogP contribution in [0.3, 0.4) is 0 Å². The normalized spacial score (nSPS) is 14.8. The Labute approximate surface area is 97.8 Å². The molecule has 1 heteroatoms. The van der Waals surface area contributed by atoms with Crippen LogP contribution in [0.25, 0.3) is 0 Å². The molecule has 0 bridgehead atoms. The quantitative estimate of drug-likeness (QED) is 0.803. The first-order valence-corrected chi connectivity index (χ1v) is 4.82. The van der Waals surface area contributed by atoms with Crippen LogP contribution < -0.4 is 5.32 Å². The molecule has 1 nitrogen and oxygen atoms in total. The third kappa shape index (κ3) is 3.22. The molecule has 2 aromatic carbocycles. The zero-order chi connectivity index (χ0) is 14.7. The van der Waals surface area contributed by atoms with E-state index in [1.54, 1.807) is 0 Å². The Morgan fingerprint density at radius 2 is 1.53 bits per heavy atom. The Bertz CT molecular complexity index is 584. The zero-order valence-electron chi connectivity index (χ0n) is 13.3. The monoisotopic (exact) mass is 202 g/mol. The van der Waals surface area contributed by atoms with Crippen molar-refractivity contribution >= 4 is 0 Å². The highest BCUT2D eigenvalue weighted by molar-refractivity contribution is 5.16. The molecule has 2 rings (SSSR count). The first kappa shape index (κ1) is 5.47. The molecule has 0 heterocycles. The molecule has 0 saturated carbocycles. The maximum absolute atomic E-state index is 7.81. The molecule has 0 aliphatic heterocycles. The summed E-state index contributed by atoms with van der Waals surface area (Å²) >= 11 is 0. The lowest BCUT2D eigenvalue weighted by Crippen LogP contribution is -2.12. The molecular formula is C14H15N. The second-order valence-electron chi connectivity index (χ2n) is 3.19. The second kappa shape index (κ2) is 5.32. The van der Waals surface area contributed by atoms with E-state index in [1.807, 2.05) is 30.3 Å². The highest BCUT2D eigenvalue weighted by Gasteiger charge is 1.92. The van der Waals surface area contributed by atoms with Gasteiger partial charge in [0, 0.05) is 13.1 Å². The van der Waals surface area contributed by atoms with Crippen LogP contribution in [0.5, 0.6) is 0 Å². The molecule has 76 valence electrons. The summed E-state index contributed by atoms with van der Waals surface area (Å²) in [5.41, 5.74) is 1.38. The molecule has 2 aromatic rings. The highest BCUT2D eigenvalue weighted by atomic mass is 14.8. The average Bonchev–Trinajstić information content (AvgIpc) is 2.48. The predicted octanol–water partition coefficient (Wildman–Crippen LogP) is 2.98. The minimum Gasteiger partial charge on any atom is -0.309 e. The lowest BCUT2D eigenvalue weighted by molar-refractivity contribution is 0.693. The van der Waals surface area contributed by atoms with E-state index in [9.17, 15) is 0 Å². The molecule has 1 N–H and O–H groups in total. The summed E-state index contributed by atoms with van der Waals surface area (Å²) in [6.07, 6.45) is 0. The molecule has 0 fully saturated rings. The third-order valence-corrected chi connectivity index (χ3v) is 2.03. The van der Waals surface area contributed by atoms with Gasteiger partial charge in [-0.2, -0.15) is 0 Å². The smallest absolute Gasteiger partial charge is 0.0626 e. The van der Waals surface area contributed by atoms with Crippen molar-refractivity contribution in [2.24, 2.45) is 0 Å². The zero-order valence-corrected chi connectivity index (χ0v) is 8.30. The van der Waals surface area contributed by atoms with Gasteiger partial charge < -0.3 is 5.32 Å². The number of rotatable bonds is 4. The minimum atomic E-state index is -0.355. The van der Waals surface area contributed by atoms with Crippen LogP contribution in [0, 0.1) is 0 Å². The van der Waals surface area contributed by atoms with Gasteiger partial charge in [-0.1, -0.05) is 60.5 Å². The van der Waals surface area contributed by atoms with E-state index in [0.717, 1.165) is 5.56 Å². The van der Waals surface area contributed by atoms with E-state index in [4.69, 9.17) is 6.85 Å². The Kier molecular flexibility index (Phi) is 1.94. The van der Waals surface area contributed by atoms with Crippen LogP contribution >= 0.6 is 0 Å². The van der Waals surface area contributed by atoms with Crippen LogP contribution in [0.4, 0.5) is 0 Å². The van der Waals surface area contributed by atoms with Crippen molar-refractivity contribution in [2.75, 3.05) is 0 Å². The number of hydrogen-bond donors (Lipinski definition) is 1. The van der Waals surface area contributed by atoms with Gasteiger partial charge in [0.25, 0.3) is 0 Å². The molecular weight excluding hydrogens is 182 g/mol. The SMILES string of the molecule is [2H]c1c([2H])c([2H])c(CNCc2ccccc2)c([2H])c1[2H]. The number of benzene rings is 2. The summed E-state index contributed by atoms with van der Waals surface area (Å²) in [5.74, 6) is 0. The van der Waals surface area contributed by atoms with E-state index in [0.29, 0.717) is 12.1 Å². The molecule has 0 unspecified atom stereocenters. The number of hydrogen-bond acceptors (Lipinski definition) is 1. The summed E-state index contributed by atoms with van der Waals surface area (Å²) in [6, 6.07) is 8.51. The third-order valence-electron chi connectivity index (χ3n) is 2.03. The van der Waals surface area contributed by atoms with Gasteiger partial charge in [0.05, 0.1) is 6.85 Å². The first-order chi connectivity index (χ1) is 9.52. The van der Waals surface area contributed by atoms with Gasteiger partial charge in [0.1, 0.15) is 0 Å². The van der Waals surface area contributed by atoms with E-state index in [-0.39, 0.29) is 36.8 Å². The molecule has 15 heavy (non-hydrogen) atoms. The molecule has 0 aliphatic rings. The molecule has 0 atom stereocenters. The molecule has 0 saturated heterocycles. The molecule has 0 aromatic heterocycles. The van der Waals surface area contributed by atoms with Gasteiger partial charge in [-0.15, -0.1) is 0 Å². The maximum Gasteiger partial charge on any atom is 0.0626 e. The Morgan fingerprint density at radius 1 is 0.867 bits per heavy atom. The summed E-state index contributed by atoms with van der Waals surface area (Å²) in [5, 5.41) is 3.11. The van der Waals surface area contributed by atoms with Crippen molar-refractivity contribution in [3.05, 3.63) is 71.7 Å². The van der Waals surface area contributed by atoms with Gasteiger partial charge >= 0.3 is 0 Å². The van der Waals surface area contributed by atoms with Crippen molar-refractivity contribution in [1.29, 1.82) is 0 Å². The maximum atomic E-state index is 7.81. The van der Waals surface area contributed by atoms with Gasteiger partial charge in [-0.3, -0.25) is 0 Å². The standard InChI is InChI=1S/C14H15N/c1-3-7-13(8-4-1)11-15-12-14-9-5-2-6-10-14/h1-10,15H,11-12H2/i1D,3D,4D,7D,8D. The minimum absolute atomic E-state index is 0.142. The van der Waals surface area contributed by atoms with Crippen LogP contribution in [0.2, 0.25) is 0 Å². The lowest BCUT2D eigenvalue weighted by atomic mass is 10.2. The van der Waals surface area contributed by atoms with Crippen molar-refractivity contribution in [1.82, 2.24) is 5.32 Å². The number of nitrogens with one attached hydrogen (secondary N) is 1. The molecule has 0 amide bonds. The van der Waals surface area contributed by atoms with E-state index in [2.05, 4.69) is 5.32 Å². The Morgan fingerprint density at radius 3 is 2.27 bits per heavy atom. The summed E-state index contributed by atoms with van der Waals surface area (Å²) in [6.45, 7) is 0.827. The van der Waals surface area contributed by atoms with Gasteiger partial charge in [0.15, 0.2) is 0 Å². The van der Waals surface area contributed by atoms with Gasteiger partial charge in [-0.25, -0.2) is 0 Å². The topological polar surface area (TPSA) is 12.0 Å². The predicted molar refractivity (Wildman–Crippen MR) is 63.4 cm³/mol. The second-order valence-corrected chi connectivity index (χ2v) is 3.19. The highest BCUT2D eigenvalue weighted by Crippen LogP contribution is 2.00. The largest absolute Gasteiger partial charge is 0.309 e. The van der Waals surface area contributed by atoms with Gasteiger partial charge in [-0.05, 0) is 11.1 Å². The van der Waals surface area contributed by atoms with E-state index < -0.39 is 0 Å². The molecule has 0 spiro atoms.